The first-order valence-corrected chi connectivity index (χ1v) is 11.1. The lowest BCUT2D eigenvalue weighted by atomic mass is 10.1. The molecule has 0 amide bonds. The van der Waals surface area contributed by atoms with Crippen LogP contribution in [0.4, 0.5) is 0 Å². The van der Waals surface area contributed by atoms with Crippen LogP contribution in [0.15, 0.2) is 58.3 Å². The molecule has 0 saturated carbocycles. The highest BCUT2D eigenvalue weighted by Gasteiger charge is 2.45. The van der Waals surface area contributed by atoms with Crippen molar-refractivity contribution in [2.75, 3.05) is 18.9 Å². The van der Waals surface area contributed by atoms with Crippen molar-refractivity contribution in [3.63, 3.8) is 0 Å². The van der Waals surface area contributed by atoms with Gasteiger partial charge >= 0.3 is 0 Å². The molecule has 2 aromatic rings. The van der Waals surface area contributed by atoms with Gasteiger partial charge in [-0.1, -0.05) is 24.3 Å². The molecule has 1 aliphatic rings. The van der Waals surface area contributed by atoms with Gasteiger partial charge in [0.1, 0.15) is 11.0 Å². The van der Waals surface area contributed by atoms with Crippen molar-refractivity contribution >= 4 is 20.4 Å². The number of benzene rings is 2. The first kappa shape index (κ1) is 18.2. The molecule has 0 spiro atoms. The van der Waals surface area contributed by atoms with Crippen LogP contribution in [0, 0.1) is 0 Å². The Morgan fingerprint density at radius 3 is 2.52 bits per heavy atom. The lowest BCUT2D eigenvalue weighted by molar-refractivity contribution is 0.309. The van der Waals surface area contributed by atoms with Crippen LogP contribution in [0.2, 0.25) is 0 Å². The van der Waals surface area contributed by atoms with E-state index in [1.165, 1.54) is 12.1 Å². The van der Waals surface area contributed by atoms with Gasteiger partial charge in [-0.15, -0.1) is 0 Å². The minimum atomic E-state index is -3.78. The molecule has 1 atom stereocenters. The molecular formula is C17H21NO5S2. The Labute approximate surface area is 148 Å². The van der Waals surface area contributed by atoms with Gasteiger partial charge in [0.15, 0.2) is 9.84 Å². The monoisotopic (exact) mass is 383 g/mol. The van der Waals surface area contributed by atoms with Gasteiger partial charge in [-0.25, -0.2) is 8.42 Å². The zero-order valence-electron chi connectivity index (χ0n) is 13.5. The lowest BCUT2D eigenvalue weighted by Gasteiger charge is -2.27. The summed E-state index contributed by atoms with van der Waals surface area (Å²) in [5, 5.41) is -1.05. The molecule has 25 heavy (non-hydrogen) atoms. The number of nitrogens with two attached hydrogens (primary N) is 1. The molecule has 2 aromatic carbocycles. The second-order valence-corrected chi connectivity index (χ2v) is 10.1. The fourth-order valence-electron chi connectivity index (χ4n) is 2.92. The molecule has 0 bridgehead atoms. The number of hydrogen-bond donors (Lipinski definition) is 3. The number of sulfone groups is 1. The first-order chi connectivity index (χ1) is 11.9. The van der Waals surface area contributed by atoms with Gasteiger partial charge in [-0.3, -0.25) is 9.11 Å². The minimum absolute atomic E-state index is 0.153. The van der Waals surface area contributed by atoms with Gasteiger partial charge in [0.25, 0.3) is 0 Å². The largest absolute Gasteiger partial charge is 0.493 e. The van der Waals surface area contributed by atoms with Gasteiger partial charge in [-0.2, -0.15) is 10.6 Å². The normalized spacial score (nSPS) is 20.0. The second kappa shape index (κ2) is 6.97. The summed E-state index contributed by atoms with van der Waals surface area (Å²) in [5.74, 6) is 0.115. The van der Waals surface area contributed by atoms with Crippen molar-refractivity contribution in [2.45, 2.75) is 21.5 Å². The summed E-state index contributed by atoms with van der Waals surface area (Å²) >= 11 is 0. The topological polar surface area (TPSA) is 110 Å². The number of fused-ring (bicyclic) bond motifs is 1. The van der Waals surface area contributed by atoms with Crippen molar-refractivity contribution in [3.05, 3.63) is 54.1 Å². The summed E-state index contributed by atoms with van der Waals surface area (Å²) in [6.45, 7) is 0.792. The Morgan fingerprint density at radius 2 is 1.84 bits per heavy atom. The van der Waals surface area contributed by atoms with Crippen molar-refractivity contribution in [2.24, 2.45) is 5.73 Å². The summed E-state index contributed by atoms with van der Waals surface area (Å²) < 4.78 is 52.7. The van der Waals surface area contributed by atoms with Crippen LogP contribution in [0.25, 0.3) is 0 Å². The third-order valence-electron chi connectivity index (χ3n) is 4.14. The van der Waals surface area contributed by atoms with Gasteiger partial charge in [0.05, 0.1) is 22.2 Å². The van der Waals surface area contributed by atoms with E-state index in [-0.39, 0.29) is 15.5 Å². The highest BCUT2D eigenvalue weighted by Crippen LogP contribution is 2.63. The smallest absolute Gasteiger partial charge is 0.187 e. The minimum Gasteiger partial charge on any atom is -0.493 e. The predicted octanol–water partition coefficient (Wildman–Crippen LogP) is 3.05. The molecule has 0 radical (unpaired) electrons. The molecule has 0 aliphatic carbocycles. The maximum Gasteiger partial charge on any atom is 0.187 e. The molecule has 3 rings (SSSR count). The molecular weight excluding hydrogens is 362 g/mol. The number of ether oxygens (including phenoxy) is 1. The van der Waals surface area contributed by atoms with Crippen LogP contribution in [0.1, 0.15) is 17.2 Å². The molecule has 136 valence electrons. The van der Waals surface area contributed by atoms with Crippen LogP contribution in [0.5, 0.6) is 5.75 Å². The maximum absolute atomic E-state index is 13.1. The lowest BCUT2D eigenvalue weighted by Crippen LogP contribution is -2.16. The molecule has 8 heteroatoms. The highest BCUT2D eigenvalue weighted by molar-refractivity contribution is 8.25. The average molecular weight is 383 g/mol. The van der Waals surface area contributed by atoms with Gasteiger partial charge in [0, 0.05) is 5.56 Å². The van der Waals surface area contributed by atoms with Gasteiger partial charge in [-0.05, 0) is 37.2 Å². The average Bonchev–Trinajstić information content (AvgIpc) is 2.89. The van der Waals surface area contributed by atoms with Gasteiger partial charge < -0.3 is 10.5 Å². The third-order valence-corrected chi connectivity index (χ3v) is 8.29. The van der Waals surface area contributed by atoms with E-state index in [2.05, 4.69) is 0 Å². The molecule has 0 aromatic heterocycles. The predicted molar refractivity (Wildman–Crippen MR) is 98.0 cm³/mol. The van der Waals surface area contributed by atoms with Crippen molar-refractivity contribution < 1.29 is 22.3 Å². The maximum atomic E-state index is 13.1. The summed E-state index contributed by atoms with van der Waals surface area (Å²) in [6.07, 6.45) is 0.621. The zero-order chi connectivity index (χ0) is 18.1. The van der Waals surface area contributed by atoms with Crippen LogP contribution >= 0.6 is 10.6 Å². The van der Waals surface area contributed by atoms with E-state index in [0.717, 1.165) is 0 Å². The molecule has 1 aliphatic heterocycles. The van der Waals surface area contributed by atoms with E-state index in [4.69, 9.17) is 10.5 Å². The quantitative estimate of drug-likeness (QED) is 0.661. The zero-order valence-corrected chi connectivity index (χ0v) is 15.2. The van der Waals surface area contributed by atoms with Gasteiger partial charge in [0.2, 0.25) is 0 Å². The van der Waals surface area contributed by atoms with Crippen molar-refractivity contribution in [3.8, 4) is 5.75 Å². The van der Waals surface area contributed by atoms with Crippen LogP contribution in [-0.2, 0) is 9.84 Å². The van der Waals surface area contributed by atoms with E-state index >= 15 is 0 Å². The summed E-state index contributed by atoms with van der Waals surface area (Å²) in [4.78, 5) is 0.405. The number of hydrogen-bond acceptors (Lipinski definition) is 6. The molecule has 6 nitrogen and oxygen atoms in total. The second-order valence-electron chi connectivity index (χ2n) is 5.84. The Morgan fingerprint density at radius 1 is 1.12 bits per heavy atom. The van der Waals surface area contributed by atoms with Crippen LogP contribution in [0.3, 0.4) is 0 Å². The highest BCUT2D eigenvalue weighted by atomic mass is 32.3. The molecule has 1 heterocycles. The Balaban J connectivity index is 2.08. The Hall–Kier alpha value is -1.58. The summed E-state index contributed by atoms with van der Waals surface area (Å²) in [7, 11) is -6.96. The van der Waals surface area contributed by atoms with E-state index in [9.17, 15) is 17.5 Å². The SMILES string of the molecule is NCCCOc1cccc2c1C(S(=O)(=O)c1ccccc1)CS2(O)O. The van der Waals surface area contributed by atoms with Crippen molar-refractivity contribution in [1.29, 1.82) is 0 Å². The van der Waals surface area contributed by atoms with E-state index < -0.39 is 25.7 Å². The Kier molecular flexibility index (Phi) is 5.08. The Bertz CT molecular complexity index is 853. The first-order valence-electron chi connectivity index (χ1n) is 7.88. The molecule has 1 unspecified atom stereocenters. The van der Waals surface area contributed by atoms with Crippen LogP contribution in [-0.4, -0.2) is 36.4 Å². The van der Waals surface area contributed by atoms with E-state index in [1.807, 2.05) is 0 Å². The van der Waals surface area contributed by atoms with E-state index in [1.54, 1.807) is 36.4 Å². The third kappa shape index (κ3) is 3.40. The molecule has 4 N–H and O–H groups in total. The fraction of sp³-hybridized carbons (Fsp3) is 0.294. The molecule has 0 saturated heterocycles. The van der Waals surface area contributed by atoms with E-state index in [0.29, 0.717) is 30.9 Å². The summed E-state index contributed by atoms with van der Waals surface area (Å²) in [5.41, 5.74) is 5.82. The fourth-order valence-corrected chi connectivity index (χ4v) is 7.36. The van der Waals surface area contributed by atoms with Crippen molar-refractivity contribution in [1.82, 2.24) is 0 Å². The summed E-state index contributed by atoms with van der Waals surface area (Å²) in [6, 6.07) is 12.9. The number of rotatable bonds is 6. The molecule has 0 fully saturated rings. The van der Waals surface area contributed by atoms with Crippen LogP contribution < -0.4 is 10.5 Å². The standard InChI is InChI=1S/C17H21NO5S2/c18-10-5-11-23-14-8-4-9-15-17(14)16(12-24(15,19)20)25(21,22)13-6-2-1-3-7-13/h1-4,6-9,16,19-20H,5,10-12,18H2.